The lowest BCUT2D eigenvalue weighted by atomic mass is 10.1. The number of hydrogen-bond donors (Lipinski definition) is 1. The highest BCUT2D eigenvalue weighted by Gasteiger charge is 2.24. The Balaban J connectivity index is 1.72. The van der Waals surface area contributed by atoms with Crippen molar-refractivity contribution >= 4 is 5.97 Å². The number of carbonyl (C=O) groups is 1. The van der Waals surface area contributed by atoms with Crippen LogP contribution in [0.25, 0.3) is 0 Å². The summed E-state index contributed by atoms with van der Waals surface area (Å²) in [7, 11) is 0. The van der Waals surface area contributed by atoms with Crippen molar-refractivity contribution in [3.05, 3.63) is 48.0 Å². The third-order valence-corrected chi connectivity index (χ3v) is 3.61. The fourth-order valence-corrected chi connectivity index (χ4v) is 2.80. The first-order valence-corrected chi connectivity index (χ1v) is 6.63. The van der Waals surface area contributed by atoms with E-state index in [0.717, 1.165) is 24.9 Å². The number of carboxylic acids is 1. The summed E-state index contributed by atoms with van der Waals surface area (Å²) in [6.07, 6.45) is 7.49. The molecule has 1 heterocycles. The number of carboxylic acid groups (broad SMARTS) is 1. The van der Waals surface area contributed by atoms with Gasteiger partial charge in [0.2, 0.25) is 0 Å². The molecule has 1 unspecified atom stereocenters. The molecule has 104 valence electrons. The summed E-state index contributed by atoms with van der Waals surface area (Å²) in [5.74, 6) is 0.266. The van der Waals surface area contributed by atoms with Crippen LogP contribution in [0.5, 0.6) is 5.75 Å². The van der Waals surface area contributed by atoms with Crippen LogP contribution < -0.4 is 4.74 Å². The Labute approximate surface area is 116 Å². The zero-order valence-corrected chi connectivity index (χ0v) is 11.0. The number of rotatable bonds is 5. The van der Waals surface area contributed by atoms with Gasteiger partial charge in [0.25, 0.3) is 0 Å². The maximum atomic E-state index is 10.6. The summed E-state index contributed by atoms with van der Waals surface area (Å²) in [6, 6.07) is 5.87. The van der Waals surface area contributed by atoms with Gasteiger partial charge in [-0.2, -0.15) is 0 Å². The molecule has 1 aliphatic carbocycles. The maximum absolute atomic E-state index is 10.6. The summed E-state index contributed by atoms with van der Waals surface area (Å²) >= 11 is 0. The van der Waals surface area contributed by atoms with E-state index in [1.807, 2.05) is 24.7 Å². The molecule has 20 heavy (non-hydrogen) atoms. The Hall–Kier alpha value is -2.30. The van der Waals surface area contributed by atoms with Gasteiger partial charge in [-0.3, -0.25) is 0 Å². The van der Waals surface area contributed by atoms with Gasteiger partial charge in [-0.25, -0.2) is 9.78 Å². The molecule has 0 saturated heterocycles. The Morgan fingerprint density at radius 3 is 3.10 bits per heavy atom. The molecule has 0 fully saturated rings. The van der Waals surface area contributed by atoms with E-state index >= 15 is 0 Å². The smallest absolute Gasteiger partial charge is 0.341 e. The molecule has 0 bridgehead atoms. The van der Waals surface area contributed by atoms with Crippen molar-refractivity contribution in [1.82, 2.24) is 9.55 Å². The zero-order chi connectivity index (χ0) is 13.9. The van der Waals surface area contributed by atoms with Crippen LogP contribution in [0.1, 0.15) is 11.1 Å². The monoisotopic (exact) mass is 272 g/mol. The standard InChI is InChI=1S/C15H16N2O3/c18-15(19)9-20-14-3-1-2-12-6-11(7-13(12)14)8-17-5-4-16-10-17/h1-5,10-11H,6-9H2,(H,18,19). The average Bonchev–Trinajstić information content (AvgIpc) is 3.05. The predicted octanol–water partition coefficient (Wildman–Crippen LogP) is 1.76. The van der Waals surface area contributed by atoms with Gasteiger partial charge in [0.15, 0.2) is 6.61 Å². The van der Waals surface area contributed by atoms with Crippen molar-refractivity contribution in [1.29, 1.82) is 0 Å². The first-order valence-electron chi connectivity index (χ1n) is 6.63. The summed E-state index contributed by atoms with van der Waals surface area (Å²) < 4.78 is 7.45. The van der Waals surface area contributed by atoms with Gasteiger partial charge in [0, 0.05) is 18.9 Å². The topological polar surface area (TPSA) is 64.3 Å². The van der Waals surface area contributed by atoms with E-state index in [9.17, 15) is 4.79 Å². The molecule has 0 amide bonds. The van der Waals surface area contributed by atoms with Crippen molar-refractivity contribution in [3.63, 3.8) is 0 Å². The van der Waals surface area contributed by atoms with Gasteiger partial charge in [-0.15, -0.1) is 0 Å². The number of benzene rings is 1. The summed E-state index contributed by atoms with van der Waals surface area (Å²) in [6.45, 7) is 0.635. The Kier molecular flexibility index (Phi) is 3.41. The second kappa shape index (κ2) is 5.36. The van der Waals surface area contributed by atoms with Crippen molar-refractivity contribution in [2.45, 2.75) is 19.4 Å². The highest BCUT2D eigenvalue weighted by molar-refractivity contribution is 5.68. The van der Waals surface area contributed by atoms with Crippen molar-refractivity contribution in [3.8, 4) is 5.75 Å². The summed E-state index contributed by atoms with van der Waals surface area (Å²) in [5.41, 5.74) is 2.41. The number of nitrogens with zero attached hydrogens (tertiary/aromatic N) is 2. The first-order chi connectivity index (χ1) is 9.72. The highest BCUT2D eigenvalue weighted by Crippen LogP contribution is 2.34. The van der Waals surface area contributed by atoms with Crippen LogP contribution in [0.2, 0.25) is 0 Å². The van der Waals surface area contributed by atoms with Crippen LogP contribution in [0, 0.1) is 5.92 Å². The molecule has 1 aromatic carbocycles. The number of aromatic nitrogens is 2. The lowest BCUT2D eigenvalue weighted by Crippen LogP contribution is -2.11. The first kappa shape index (κ1) is 12.7. The zero-order valence-electron chi connectivity index (χ0n) is 11.0. The van der Waals surface area contributed by atoms with E-state index in [2.05, 4.69) is 15.6 Å². The van der Waals surface area contributed by atoms with E-state index in [-0.39, 0.29) is 6.61 Å². The van der Waals surface area contributed by atoms with Gasteiger partial charge < -0.3 is 14.4 Å². The minimum absolute atomic E-state index is 0.289. The van der Waals surface area contributed by atoms with Crippen LogP contribution in [-0.4, -0.2) is 27.2 Å². The van der Waals surface area contributed by atoms with Crippen LogP contribution in [0.4, 0.5) is 0 Å². The van der Waals surface area contributed by atoms with Crippen molar-refractivity contribution in [2.75, 3.05) is 6.61 Å². The van der Waals surface area contributed by atoms with E-state index in [1.165, 1.54) is 5.56 Å². The molecule has 1 aromatic heterocycles. The van der Waals surface area contributed by atoms with Crippen LogP contribution >= 0.6 is 0 Å². The Morgan fingerprint density at radius 2 is 2.35 bits per heavy atom. The van der Waals surface area contributed by atoms with E-state index < -0.39 is 5.97 Å². The highest BCUT2D eigenvalue weighted by atomic mass is 16.5. The average molecular weight is 272 g/mol. The van der Waals surface area contributed by atoms with Gasteiger partial charge in [-0.1, -0.05) is 12.1 Å². The third-order valence-electron chi connectivity index (χ3n) is 3.61. The molecule has 1 atom stereocenters. The Morgan fingerprint density at radius 1 is 1.45 bits per heavy atom. The molecule has 5 nitrogen and oxygen atoms in total. The summed E-state index contributed by atoms with van der Waals surface area (Å²) in [4.78, 5) is 14.7. The van der Waals surface area contributed by atoms with Gasteiger partial charge in [0.05, 0.1) is 6.33 Å². The largest absolute Gasteiger partial charge is 0.482 e. The molecule has 0 radical (unpaired) electrons. The van der Waals surface area contributed by atoms with Gasteiger partial charge in [-0.05, 0) is 36.0 Å². The maximum Gasteiger partial charge on any atom is 0.341 e. The van der Waals surface area contributed by atoms with Crippen LogP contribution in [0.15, 0.2) is 36.9 Å². The number of fused-ring (bicyclic) bond motifs is 1. The van der Waals surface area contributed by atoms with Crippen molar-refractivity contribution < 1.29 is 14.6 Å². The van der Waals surface area contributed by atoms with Crippen LogP contribution in [-0.2, 0) is 24.2 Å². The fraction of sp³-hybridized carbons (Fsp3) is 0.333. The molecule has 0 aliphatic heterocycles. The Bertz CT molecular complexity index is 608. The number of imidazole rings is 1. The number of aliphatic carboxylic acids is 1. The molecule has 0 spiro atoms. The predicted molar refractivity (Wildman–Crippen MR) is 72.7 cm³/mol. The van der Waals surface area contributed by atoms with Gasteiger partial charge >= 0.3 is 5.97 Å². The minimum atomic E-state index is -0.949. The lowest BCUT2D eigenvalue weighted by Gasteiger charge is -2.10. The van der Waals surface area contributed by atoms with Crippen LogP contribution in [0.3, 0.4) is 0 Å². The normalized spacial score (nSPS) is 16.9. The second-order valence-electron chi connectivity index (χ2n) is 5.11. The number of ether oxygens (including phenoxy) is 1. The third kappa shape index (κ3) is 2.66. The lowest BCUT2D eigenvalue weighted by molar-refractivity contribution is -0.139. The van der Waals surface area contributed by atoms with E-state index in [1.54, 1.807) is 6.20 Å². The quantitative estimate of drug-likeness (QED) is 0.900. The fourth-order valence-electron chi connectivity index (χ4n) is 2.80. The van der Waals surface area contributed by atoms with E-state index in [4.69, 9.17) is 9.84 Å². The van der Waals surface area contributed by atoms with Crippen molar-refractivity contribution in [2.24, 2.45) is 5.92 Å². The molecule has 5 heteroatoms. The molecule has 0 saturated carbocycles. The molecule has 1 aliphatic rings. The van der Waals surface area contributed by atoms with Gasteiger partial charge in [0.1, 0.15) is 5.75 Å². The molecular formula is C15H16N2O3. The second-order valence-corrected chi connectivity index (χ2v) is 5.11. The summed E-state index contributed by atoms with van der Waals surface area (Å²) in [5, 5.41) is 8.71. The van der Waals surface area contributed by atoms with E-state index in [0.29, 0.717) is 11.7 Å². The minimum Gasteiger partial charge on any atom is -0.482 e. The molecule has 1 N–H and O–H groups in total. The molecular weight excluding hydrogens is 256 g/mol. The SMILES string of the molecule is O=C(O)COc1cccc2c1CC(Cn1ccnc1)C2. The number of hydrogen-bond acceptors (Lipinski definition) is 3. The molecule has 2 aromatic rings. The molecule has 3 rings (SSSR count).